The molecule has 0 unspecified atom stereocenters. The van der Waals surface area contributed by atoms with Crippen molar-refractivity contribution in [2.24, 2.45) is 0 Å². The SMILES string of the molecule is CN(C(=O)c1cn2ncsc2n1)c1ccccc1. The zero-order valence-electron chi connectivity index (χ0n) is 9.65. The van der Waals surface area contributed by atoms with E-state index in [0.717, 1.165) is 10.6 Å². The van der Waals surface area contributed by atoms with Gasteiger partial charge < -0.3 is 4.90 Å². The van der Waals surface area contributed by atoms with Gasteiger partial charge in [-0.05, 0) is 12.1 Å². The number of benzene rings is 1. The first-order valence-corrected chi connectivity index (χ1v) is 6.25. The number of carbonyl (C=O) groups excluding carboxylic acids is 1. The van der Waals surface area contributed by atoms with Crippen molar-refractivity contribution in [1.29, 1.82) is 0 Å². The Balaban J connectivity index is 1.93. The minimum absolute atomic E-state index is 0.140. The van der Waals surface area contributed by atoms with E-state index in [-0.39, 0.29) is 5.91 Å². The van der Waals surface area contributed by atoms with Gasteiger partial charge in [-0.3, -0.25) is 4.79 Å². The van der Waals surface area contributed by atoms with Crippen LogP contribution in [-0.2, 0) is 0 Å². The number of carbonyl (C=O) groups is 1. The molecule has 0 fully saturated rings. The number of nitrogens with zero attached hydrogens (tertiary/aromatic N) is 4. The smallest absolute Gasteiger partial charge is 0.278 e. The molecule has 2 aromatic heterocycles. The maximum Gasteiger partial charge on any atom is 0.278 e. The van der Waals surface area contributed by atoms with E-state index in [0.29, 0.717) is 5.69 Å². The molecule has 0 atom stereocenters. The molecule has 0 N–H and O–H groups in total. The van der Waals surface area contributed by atoms with Crippen molar-refractivity contribution in [3.63, 3.8) is 0 Å². The molecule has 0 bridgehead atoms. The molecule has 2 heterocycles. The minimum Gasteiger partial charge on any atom is -0.310 e. The first-order valence-electron chi connectivity index (χ1n) is 5.37. The van der Waals surface area contributed by atoms with Crippen LogP contribution in [0.3, 0.4) is 0 Å². The van der Waals surface area contributed by atoms with E-state index >= 15 is 0 Å². The lowest BCUT2D eigenvalue weighted by Gasteiger charge is -2.15. The predicted molar refractivity (Wildman–Crippen MR) is 70.0 cm³/mol. The van der Waals surface area contributed by atoms with Crippen molar-refractivity contribution in [3.8, 4) is 0 Å². The molecule has 0 spiro atoms. The zero-order valence-corrected chi connectivity index (χ0v) is 10.5. The van der Waals surface area contributed by atoms with E-state index in [4.69, 9.17) is 0 Å². The Morgan fingerprint density at radius 2 is 2.11 bits per heavy atom. The predicted octanol–water partition coefficient (Wildman–Crippen LogP) is 2.07. The van der Waals surface area contributed by atoms with Crippen molar-refractivity contribution in [2.45, 2.75) is 0 Å². The van der Waals surface area contributed by atoms with Crippen molar-refractivity contribution in [1.82, 2.24) is 14.6 Å². The first-order chi connectivity index (χ1) is 8.75. The molecular formula is C12H10N4OS. The summed E-state index contributed by atoms with van der Waals surface area (Å²) < 4.78 is 1.61. The van der Waals surface area contributed by atoms with Crippen molar-refractivity contribution in [2.75, 3.05) is 11.9 Å². The number of anilines is 1. The van der Waals surface area contributed by atoms with Gasteiger partial charge >= 0.3 is 0 Å². The maximum absolute atomic E-state index is 12.2. The monoisotopic (exact) mass is 258 g/mol. The Morgan fingerprint density at radius 1 is 1.33 bits per heavy atom. The third kappa shape index (κ3) is 1.76. The van der Waals surface area contributed by atoms with Crippen molar-refractivity contribution >= 4 is 27.9 Å². The van der Waals surface area contributed by atoms with Crippen LogP contribution in [0.25, 0.3) is 4.96 Å². The van der Waals surface area contributed by atoms with Crippen LogP contribution in [-0.4, -0.2) is 27.6 Å². The first kappa shape index (κ1) is 10.9. The molecule has 0 aliphatic heterocycles. The molecule has 18 heavy (non-hydrogen) atoms. The quantitative estimate of drug-likeness (QED) is 0.707. The molecule has 3 rings (SSSR count). The summed E-state index contributed by atoms with van der Waals surface area (Å²) in [6, 6.07) is 9.47. The lowest BCUT2D eigenvalue weighted by Crippen LogP contribution is -2.26. The highest BCUT2D eigenvalue weighted by atomic mass is 32.1. The van der Waals surface area contributed by atoms with Crippen molar-refractivity contribution < 1.29 is 4.79 Å². The van der Waals surface area contributed by atoms with Gasteiger partial charge in [0, 0.05) is 12.7 Å². The third-order valence-electron chi connectivity index (χ3n) is 2.65. The van der Waals surface area contributed by atoms with Gasteiger partial charge in [0.25, 0.3) is 5.91 Å². The lowest BCUT2D eigenvalue weighted by atomic mass is 10.3. The molecule has 0 aliphatic rings. The number of hydrogen-bond donors (Lipinski definition) is 0. The highest BCUT2D eigenvalue weighted by Crippen LogP contribution is 2.15. The van der Waals surface area contributed by atoms with E-state index in [1.807, 2.05) is 30.3 Å². The summed E-state index contributed by atoms with van der Waals surface area (Å²) in [6.07, 6.45) is 1.65. The van der Waals surface area contributed by atoms with Crippen LogP contribution in [0.1, 0.15) is 10.5 Å². The average Bonchev–Trinajstić information content (AvgIpc) is 2.99. The van der Waals surface area contributed by atoms with Gasteiger partial charge in [0.2, 0.25) is 4.96 Å². The molecule has 1 amide bonds. The Labute approximate surface area is 107 Å². The normalized spacial score (nSPS) is 10.7. The lowest BCUT2D eigenvalue weighted by molar-refractivity contribution is 0.0989. The summed E-state index contributed by atoms with van der Waals surface area (Å²) in [5, 5.41) is 4.06. The van der Waals surface area contributed by atoms with E-state index in [1.54, 1.807) is 28.2 Å². The van der Waals surface area contributed by atoms with E-state index in [9.17, 15) is 4.79 Å². The molecule has 1 aromatic carbocycles. The fourth-order valence-corrected chi connectivity index (χ4v) is 2.28. The summed E-state index contributed by atoms with van der Waals surface area (Å²) in [7, 11) is 1.73. The van der Waals surface area contributed by atoms with E-state index in [1.165, 1.54) is 11.3 Å². The Bertz CT molecular complexity index is 660. The summed E-state index contributed by atoms with van der Waals surface area (Å²) >= 11 is 1.40. The molecule has 0 radical (unpaired) electrons. The second-order valence-electron chi connectivity index (χ2n) is 3.79. The number of para-hydroxylation sites is 1. The topological polar surface area (TPSA) is 50.5 Å². The number of rotatable bonds is 2. The van der Waals surface area contributed by atoms with Gasteiger partial charge in [-0.15, -0.1) is 0 Å². The number of hydrogen-bond acceptors (Lipinski definition) is 4. The van der Waals surface area contributed by atoms with E-state index < -0.39 is 0 Å². The second kappa shape index (κ2) is 4.23. The van der Waals surface area contributed by atoms with Gasteiger partial charge in [0.05, 0.1) is 6.20 Å². The summed E-state index contributed by atoms with van der Waals surface area (Å²) in [5.74, 6) is -0.140. The van der Waals surface area contributed by atoms with Crippen LogP contribution in [0, 0.1) is 0 Å². The minimum atomic E-state index is -0.140. The third-order valence-corrected chi connectivity index (χ3v) is 3.34. The highest BCUT2D eigenvalue weighted by Gasteiger charge is 2.17. The van der Waals surface area contributed by atoms with Gasteiger partial charge in [-0.1, -0.05) is 29.5 Å². The summed E-state index contributed by atoms with van der Waals surface area (Å²) in [6.45, 7) is 0. The maximum atomic E-state index is 12.2. The standard InChI is InChI=1S/C12H10N4OS/c1-15(9-5-3-2-4-6-9)11(17)10-7-16-12(14-10)18-8-13-16/h2-8H,1H3. The van der Waals surface area contributed by atoms with Crippen LogP contribution in [0.2, 0.25) is 0 Å². The van der Waals surface area contributed by atoms with Crippen LogP contribution in [0.4, 0.5) is 5.69 Å². The largest absolute Gasteiger partial charge is 0.310 e. The number of amides is 1. The molecular weight excluding hydrogens is 248 g/mol. The van der Waals surface area contributed by atoms with E-state index in [2.05, 4.69) is 10.1 Å². The van der Waals surface area contributed by atoms with Gasteiger partial charge in [0.1, 0.15) is 11.2 Å². The van der Waals surface area contributed by atoms with Gasteiger partial charge in [0.15, 0.2) is 0 Å². The molecule has 0 saturated carbocycles. The van der Waals surface area contributed by atoms with Crippen LogP contribution < -0.4 is 4.90 Å². The molecule has 0 aliphatic carbocycles. The molecule has 3 aromatic rings. The molecule has 6 heteroatoms. The zero-order chi connectivity index (χ0) is 12.5. The second-order valence-corrected chi connectivity index (χ2v) is 4.60. The number of imidazole rings is 1. The number of fused-ring (bicyclic) bond motifs is 1. The van der Waals surface area contributed by atoms with Crippen LogP contribution in [0.5, 0.6) is 0 Å². The molecule has 0 saturated heterocycles. The number of aromatic nitrogens is 3. The van der Waals surface area contributed by atoms with Crippen LogP contribution >= 0.6 is 11.3 Å². The molecule has 5 nitrogen and oxygen atoms in total. The van der Waals surface area contributed by atoms with Gasteiger partial charge in [-0.2, -0.15) is 5.10 Å². The fourth-order valence-electron chi connectivity index (χ4n) is 1.68. The summed E-state index contributed by atoms with van der Waals surface area (Å²) in [5.41, 5.74) is 2.94. The molecule has 90 valence electrons. The van der Waals surface area contributed by atoms with Crippen LogP contribution in [0.15, 0.2) is 42.0 Å². The van der Waals surface area contributed by atoms with Crippen molar-refractivity contribution in [3.05, 3.63) is 47.7 Å². The Hall–Kier alpha value is -2.21. The Morgan fingerprint density at radius 3 is 2.83 bits per heavy atom. The average molecular weight is 258 g/mol. The summed E-state index contributed by atoms with van der Waals surface area (Å²) in [4.78, 5) is 18.8. The fraction of sp³-hybridized carbons (Fsp3) is 0.0833. The Kier molecular flexibility index (Phi) is 2.56. The van der Waals surface area contributed by atoms with Gasteiger partial charge in [-0.25, -0.2) is 9.50 Å². The highest BCUT2D eigenvalue weighted by molar-refractivity contribution is 7.14.